The van der Waals surface area contributed by atoms with Crippen LogP contribution in [0.2, 0.25) is 0 Å². The van der Waals surface area contributed by atoms with Crippen LogP contribution in [0.25, 0.3) is 0 Å². The molecule has 0 aliphatic carbocycles. The number of carbonyl (C=O) groups excluding carboxylic acids is 2. The smallest absolute Gasteiger partial charge is 0.261 e. The molecule has 3 rings (SSSR count). The van der Waals surface area contributed by atoms with Gasteiger partial charge in [-0.1, -0.05) is 17.7 Å². The standard InChI is InChI=1S/C22H21N3O4S/c1-14-3-10-19(11-4-14)30(28,29)25-20-12-7-17(13-15(20)2)22(27)24-18-8-5-16(6-9-18)21(23)26/h3-13,25H,1-2H3,(H2,23,26)(H,24,27). The van der Waals surface area contributed by atoms with Crippen molar-refractivity contribution in [3.8, 4) is 0 Å². The number of nitrogens with two attached hydrogens (primary N) is 1. The van der Waals surface area contributed by atoms with Crippen LogP contribution in [0.4, 0.5) is 11.4 Å². The molecule has 0 aliphatic rings. The van der Waals surface area contributed by atoms with Crippen molar-refractivity contribution < 1.29 is 18.0 Å². The zero-order chi connectivity index (χ0) is 21.9. The molecule has 0 unspecified atom stereocenters. The molecule has 7 nitrogen and oxygen atoms in total. The number of hydrogen-bond acceptors (Lipinski definition) is 4. The number of amides is 2. The fourth-order valence-electron chi connectivity index (χ4n) is 2.76. The van der Waals surface area contributed by atoms with Gasteiger partial charge in [0.1, 0.15) is 0 Å². The van der Waals surface area contributed by atoms with Gasteiger partial charge in [0.25, 0.3) is 15.9 Å². The van der Waals surface area contributed by atoms with Crippen LogP contribution in [0.3, 0.4) is 0 Å². The summed E-state index contributed by atoms with van der Waals surface area (Å²) in [6.45, 7) is 3.59. The van der Waals surface area contributed by atoms with Crippen LogP contribution < -0.4 is 15.8 Å². The molecule has 3 aromatic rings. The normalized spacial score (nSPS) is 11.0. The van der Waals surface area contributed by atoms with Gasteiger partial charge in [0.15, 0.2) is 0 Å². The summed E-state index contributed by atoms with van der Waals surface area (Å²) in [7, 11) is -3.73. The van der Waals surface area contributed by atoms with Crippen LogP contribution in [-0.2, 0) is 10.0 Å². The highest BCUT2D eigenvalue weighted by Gasteiger charge is 2.16. The molecule has 0 spiro atoms. The van der Waals surface area contributed by atoms with Gasteiger partial charge >= 0.3 is 0 Å². The van der Waals surface area contributed by atoms with Gasteiger partial charge < -0.3 is 11.1 Å². The van der Waals surface area contributed by atoms with Gasteiger partial charge in [-0.3, -0.25) is 14.3 Å². The third-order valence-electron chi connectivity index (χ3n) is 4.49. The lowest BCUT2D eigenvalue weighted by molar-refractivity contribution is 0.0998. The third-order valence-corrected chi connectivity index (χ3v) is 5.87. The Kier molecular flexibility index (Phi) is 5.89. The lowest BCUT2D eigenvalue weighted by Gasteiger charge is -2.12. The van der Waals surface area contributed by atoms with E-state index in [1.807, 2.05) is 6.92 Å². The van der Waals surface area contributed by atoms with Gasteiger partial charge in [-0.15, -0.1) is 0 Å². The Morgan fingerprint density at radius 3 is 2.00 bits per heavy atom. The summed E-state index contributed by atoms with van der Waals surface area (Å²) in [6.07, 6.45) is 0. The molecular weight excluding hydrogens is 402 g/mol. The second-order valence-electron chi connectivity index (χ2n) is 6.84. The molecule has 0 bridgehead atoms. The lowest BCUT2D eigenvalue weighted by atomic mass is 10.1. The van der Waals surface area contributed by atoms with Crippen molar-refractivity contribution in [1.29, 1.82) is 0 Å². The minimum atomic E-state index is -3.73. The largest absolute Gasteiger partial charge is 0.366 e. The van der Waals surface area contributed by atoms with E-state index in [1.54, 1.807) is 55.5 Å². The second kappa shape index (κ2) is 8.38. The van der Waals surface area contributed by atoms with Gasteiger partial charge in [0, 0.05) is 16.8 Å². The average Bonchev–Trinajstić information content (AvgIpc) is 2.70. The summed E-state index contributed by atoms with van der Waals surface area (Å²) in [4.78, 5) is 23.8. The van der Waals surface area contributed by atoms with E-state index in [9.17, 15) is 18.0 Å². The number of rotatable bonds is 6. The minimum Gasteiger partial charge on any atom is -0.366 e. The van der Waals surface area contributed by atoms with E-state index in [0.29, 0.717) is 28.1 Å². The second-order valence-corrected chi connectivity index (χ2v) is 8.53. The average molecular weight is 423 g/mol. The number of sulfonamides is 1. The molecule has 0 fully saturated rings. The fourth-order valence-corrected chi connectivity index (χ4v) is 3.89. The van der Waals surface area contributed by atoms with Crippen molar-refractivity contribution in [2.75, 3.05) is 10.0 Å². The van der Waals surface area contributed by atoms with E-state index in [2.05, 4.69) is 10.0 Å². The molecule has 3 aromatic carbocycles. The lowest BCUT2D eigenvalue weighted by Crippen LogP contribution is -2.15. The number of primary amides is 1. The van der Waals surface area contributed by atoms with Crippen LogP contribution >= 0.6 is 0 Å². The Balaban J connectivity index is 1.75. The Bertz CT molecular complexity index is 1200. The van der Waals surface area contributed by atoms with Crippen LogP contribution in [-0.4, -0.2) is 20.2 Å². The maximum absolute atomic E-state index is 12.6. The van der Waals surface area contributed by atoms with Crippen molar-refractivity contribution in [3.05, 3.63) is 89.0 Å². The van der Waals surface area contributed by atoms with E-state index in [-0.39, 0.29) is 10.8 Å². The summed E-state index contributed by atoms with van der Waals surface area (Å²) in [5.41, 5.74) is 8.36. The van der Waals surface area contributed by atoms with Crippen LogP contribution in [0, 0.1) is 13.8 Å². The van der Waals surface area contributed by atoms with E-state index in [1.165, 1.54) is 18.2 Å². The molecular formula is C22H21N3O4S. The summed E-state index contributed by atoms with van der Waals surface area (Å²) in [6, 6.07) is 17.4. The van der Waals surface area contributed by atoms with Gasteiger partial charge in [-0.25, -0.2) is 8.42 Å². The molecule has 154 valence electrons. The predicted molar refractivity (Wildman–Crippen MR) is 116 cm³/mol. The first-order valence-corrected chi connectivity index (χ1v) is 10.6. The summed E-state index contributed by atoms with van der Waals surface area (Å²) < 4.78 is 27.7. The molecule has 0 atom stereocenters. The fraction of sp³-hybridized carbons (Fsp3) is 0.0909. The third kappa shape index (κ3) is 4.84. The zero-order valence-electron chi connectivity index (χ0n) is 16.5. The first kappa shape index (κ1) is 21.1. The molecule has 8 heteroatoms. The molecule has 0 saturated carbocycles. The van der Waals surface area contributed by atoms with Gasteiger partial charge in [-0.05, 0) is 74.0 Å². The van der Waals surface area contributed by atoms with Crippen molar-refractivity contribution in [2.45, 2.75) is 18.7 Å². The van der Waals surface area contributed by atoms with Crippen molar-refractivity contribution in [1.82, 2.24) is 0 Å². The molecule has 2 amide bonds. The van der Waals surface area contributed by atoms with E-state index >= 15 is 0 Å². The summed E-state index contributed by atoms with van der Waals surface area (Å²) in [5, 5.41) is 2.72. The van der Waals surface area contributed by atoms with E-state index < -0.39 is 15.9 Å². The van der Waals surface area contributed by atoms with Gasteiger partial charge in [-0.2, -0.15) is 0 Å². The highest BCUT2D eigenvalue weighted by Crippen LogP contribution is 2.22. The highest BCUT2D eigenvalue weighted by atomic mass is 32.2. The molecule has 30 heavy (non-hydrogen) atoms. The summed E-state index contributed by atoms with van der Waals surface area (Å²) in [5.74, 6) is -0.912. The van der Waals surface area contributed by atoms with Crippen molar-refractivity contribution in [3.63, 3.8) is 0 Å². The monoisotopic (exact) mass is 423 g/mol. The number of anilines is 2. The van der Waals surface area contributed by atoms with Gasteiger partial charge in [0.05, 0.1) is 10.6 Å². The minimum absolute atomic E-state index is 0.161. The van der Waals surface area contributed by atoms with Crippen molar-refractivity contribution >= 4 is 33.2 Å². The van der Waals surface area contributed by atoms with Crippen LogP contribution in [0.1, 0.15) is 31.8 Å². The Morgan fingerprint density at radius 1 is 0.833 bits per heavy atom. The summed E-state index contributed by atoms with van der Waals surface area (Å²) >= 11 is 0. The topological polar surface area (TPSA) is 118 Å². The zero-order valence-corrected chi connectivity index (χ0v) is 17.3. The number of carbonyl (C=O) groups is 2. The Labute approximate surface area is 175 Å². The first-order chi connectivity index (χ1) is 14.2. The molecule has 0 heterocycles. The van der Waals surface area contributed by atoms with Crippen LogP contribution in [0.15, 0.2) is 71.6 Å². The first-order valence-electron chi connectivity index (χ1n) is 9.07. The van der Waals surface area contributed by atoms with Crippen LogP contribution in [0.5, 0.6) is 0 Å². The molecule has 0 aliphatic heterocycles. The van der Waals surface area contributed by atoms with E-state index in [4.69, 9.17) is 5.73 Å². The number of aryl methyl sites for hydroxylation is 2. The quantitative estimate of drug-likeness (QED) is 0.563. The highest BCUT2D eigenvalue weighted by molar-refractivity contribution is 7.92. The molecule has 0 saturated heterocycles. The molecule has 0 radical (unpaired) electrons. The predicted octanol–water partition coefficient (Wildman–Crippen LogP) is 3.46. The SMILES string of the molecule is Cc1ccc(S(=O)(=O)Nc2ccc(C(=O)Nc3ccc(C(N)=O)cc3)cc2C)cc1. The number of hydrogen-bond donors (Lipinski definition) is 3. The van der Waals surface area contributed by atoms with Gasteiger partial charge in [0.2, 0.25) is 5.91 Å². The number of benzene rings is 3. The molecule has 4 N–H and O–H groups in total. The Hall–Kier alpha value is -3.65. The number of nitrogens with one attached hydrogen (secondary N) is 2. The Morgan fingerprint density at radius 2 is 1.43 bits per heavy atom. The maximum atomic E-state index is 12.6. The molecule has 0 aromatic heterocycles. The van der Waals surface area contributed by atoms with Crippen molar-refractivity contribution in [2.24, 2.45) is 5.73 Å². The van der Waals surface area contributed by atoms with E-state index in [0.717, 1.165) is 5.56 Å². The maximum Gasteiger partial charge on any atom is 0.261 e.